The van der Waals surface area contributed by atoms with Gasteiger partial charge in [-0.1, -0.05) is 17.7 Å². The standard InChI is InChI=1S/C13H19NO/c1-10-6-7-13(11(8-10)9-14-2)15-12-4-3-5-12/h6-8,12,14H,3-5,9H2,1-2H3. The van der Waals surface area contributed by atoms with Gasteiger partial charge >= 0.3 is 0 Å². The summed E-state index contributed by atoms with van der Waals surface area (Å²) < 4.78 is 5.95. The third kappa shape index (κ3) is 2.51. The monoisotopic (exact) mass is 205 g/mol. The first-order valence-corrected chi connectivity index (χ1v) is 5.70. The van der Waals surface area contributed by atoms with E-state index in [9.17, 15) is 0 Å². The Hall–Kier alpha value is -1.02. The summed E-state index contributed by atoms with van der Waals surface area (Å²) in [6, 6.07) is 6.41. The number of nitrogens with one attached hydrogen (secondary N) is 1. The molecule has 0 radical (unpaired) electrons. The second-order valence-electron chi connectivity index (χ2n) is 4.31. The number of benzene rings is 1. The van der Waals surface area contributed by atoms with Crippen molar-refractivity contribution < 1.29 is 4.74 Å². The molecule has 1 aliphatic carbocycles. The molecule has 1 aromatic carbocycles. The van der Waals surface area contributed by atoms with Gasteiger partial charge < -0.3 is 10.1 Å². The molecule has 1 N–H and O–H groups in total. The lowest BCUT2D eigenvalue weighted by Crippen LogP contribution is -2.25. The molecule has 0 saturated heterocycles. The van der Waals surface area contributed by atoms with E-state index in [0.717, 1.165) is 12.3 Å². The van der Waals surface area contributed by atoms with Crippen molar-refractivity contribution in [3.05, 3.63) is 29.3 Å². The lowest BCUT2D eigenvalue weighted by Gasteiger charge is -2.27. The largest absolute Gasteiger partial charge is 0.490 e. The molecular weight excluding hydrogens is 186 g/mol. The van der Waals surface area contributed by atoms with E-state index in [2.05, 4.69) is 30.4 Å². The average Bonchev–Trinajstić information content (AvgIpc) is 2.14. The van der Waals surface area contributed by atoms with E-state index in [4.69, 9.17) is 4.74 Å². The highest BCUT2D eigenvalue weighted by Crippen LogP contribution is 2.28. The molecule has 0 amide bonds. The SMILES string of the molecule is CNCc1cc(C)ccc1OC1CCC1. The van der Waals surface area contributed by atoms with Crippen molar-refractivity contribution in [2.24, 2.45) is 0 Å². The zero-order valence-electron chi connectivity index (χ0n) is 9.55. The van der Waals surface area contributed by atoms with Crippen LogP contribution in [0.3, 0.4) is 0 Å². The van der Waals surface area contributed by atoms with Crippen molar-refractivity contribution >= 4 is 0 Å². The minimum Gasteiger partial charge on any atom is -0.490 e. The second kappa shape index (κ2) is 4.67. The van der Waals surface area contributed by atoms with Crippen molar-refractivity contribution in [3.8, 4) is 5.75 Å². The summed E-state index contributed by atoms with van der Waals surface area (Å²) in [5.74, 6) is 1.06. The van der Waals surface area contributed by atoms with Gasteiger partial charge in [0.05, 0.1) is 6.10 Å². The predicted molar refractivity (Wildman–Crippen MR) is 62.2 cm³/mol. The van der Waals surface area contributed by atoms with Crippen LogP contribution < -0.4 is 10.1 Å². The summed E-state index contributed by atoms with van der Waals surface area (Å²) in [7, 11) is 1.97. The number of ether oxygens (including phenoxy) is 1. The van der Waals surface area contributed by atoms with Crippen molar-refractivity contribution in [3.63, 3.8) is 0 Å². The second-order valence-corrected chi connectivity index (χ2v) is 4.31. The molecule has 0 aliphatic heterocycles. The van der Waals surface area contributed by atoms with Gasteiger partial charge in [0.15, 0.2) is 0 Å². The zero-order valence-corrected chi connectivity index (χ0v) is 9.55. The summed E-state index contributed by atoms with van der Waals surface area (Å²) in [4.78, 5) is 0. The Morgan fingerprint density at radius 3 is 2.80 bits per heavy atom. The fourth-order valence-corrected chi connectivity index (χ4v) is 1.82. The highest BCUT2D eigenvalue weighted by atomic mass is 16.5. The van der Waals surface area contributed by atoms with Crippen LogP contribution in [0.25, 0.3) is 0 Å². The Bertz CT molecular complexity index is 331. The van der Waals surface area contributed by atoms with E-state index in [0.29, 0.717) is 6.10 Å². The molecule has 0 atom stereocenters. The Morgan fingerprint density at radius 2 is 2.20 bits per heavy atom. The molecule has 0 aromatic heterocycles. The lowest BCUT2D eigenvalue weighted by atomic mass is 9.96. The van der Waals surface area contributed by atoms with E-state index in [1.165, 1.54) is 30.4 Å². The molecule has 0 bridgehead atoms. The smallest absolute Gasteiger partial charge is 0.124 e. The normalized spacial score (nSPS) is 16.1. The van der Waals surface area contributed by atoms with Crippen LogP contribution >= 0.6 is 0 Å². The van der Waals surface area contributed by atoms with Gasteiger partial charge in [-0.3, -0.25) is 0 Å². The van der Waals surface area contributed by atoms with Crippen LogP contribution in [0.15, 0.2) is 18.2 Å². The Morgan fingerprint density at radius 1 is 1.40 bits per heavy atom. The molecule has 0 unspecified atom stereocenters. The first-order chi connectivity index (χ1) is 7.29. The van der Waals surface area contributed by atoms with Crippen LogP contribution in [-0.2, 0) is 6.54 Å². The van der Waals surface area contributed by atoms with Crippen LogP contribution in [0, 0.1) is 6.92 Å². The number of hydrogen-bond acceptors (Lipinski definition) is 2. The quantitative estimate of drug-likeness (QED) is 0.816. The molecule has 82 valence electrons. The van der Waals surface area contributed by atoms with Gasteiger partial charge in [-0.05, 0) is 39.3 Å². The Kier molecular flexibility index (Phi) is 3.27. The highest BCUT2D eigenvalue weighted by molar-refractivity contribution is 5.37. The molecule has 1 saturated carbocycles. The summed E-state index contributed by atoms with van der Waals surface area (Å²) in [6.45, 7) is 3.00. The highest BCUT2D eigenvalue weighted by Gasteiger charge is 2.20. The van der Waals surface area contributed by atoms with Gasteiger partial charge in [0.25, 0.3) is 0 Å². The molecule has 15 heavy (non-hydrogen) atoms. The molecule has 1 aromatic rings. The molecule has 2 rings (SSSR count). The molecule has 1 aliphatic rings. The Balaban J connectivity index is 2.12. The molecule has 0 heterocycles. The van der Waals surface area contributed by atoms with Crippen LogP contribution in [0.1, 0.15) is 30.4 Å². The van der Waals surface area contributed by atoms with Crippen LogP contribution in [-0.4, -0.2) is 13.2 Å². The van der Waals surface area contributed by atoms with E-state index in [1.807, 2.05) is 7.05 Å². The summed E-state index contributed by atoms with van der Waals surface area (Å²) >= 11 is 0. The van der Waals surface area contributed by atoms with Crippen molar-refractivity contribution in [2.45, 2.75) is 38.8 Å². The average molecular weight is 205 g/mol. The topological polar surface area (TPSA) is 21.3 Å². The maximum absolute atomic E-state index is 5.95. The van der Waals surface area contributed by atoms with Gasteiger partial charge in [0.1, 0.15) is 5.75 Å². The molecule has 1 fully saturated rings. The number of rotatable bonds is 4. The summed E-state index contributed by atoms with van der Waals surface area (Å²) in [6.07, 6.45) is 4.21. The van der Waals surface area contributed by atoms with Gasteiger partial charge in [0.2, 0.25) is 0 Å². The minimum absolute atomic E-state index is 0.461. The minimum atomic E-state index is 0.461. The van der Waals surface area contributed by atoms with Gasteiger partial charge in [-0.15, -0.1) is 0 Å². The van der Waals surface area contributed by atoms with E-state index >= 15 is 0 Å². The molecule has 2 nitrogen and oxygen atoms in total. The number of aryl methyl sites for hydroxylation is 1. The van der Waals surface area contributed by atoms with E-state index in [1.54, 1.807) is 0 Å². The molecule has 2 heteroatoms. The lowest BCUT2D eigenvalue weighted by molar-refractivity contribution is 0.119. The van der Waals surface area contributed by atoms with Crippen molar-refractivity contribution in [2.75, 3.05) is 7.05 Å². The van der Waals surface area contributed by atoms with Crippen LogP contribution in [0.4, 0.5) is 0 Å². The molecule has 0 spiro atoms. The Labute approximate surface area is 91.6 Å². The van der Waals surface area contributed by atoms with Crippen molar-refractivity contribution in [1.82, 2.24) is 5.32 Å². The van der Waals surface area contributed by atoms with Gasteiger partial charge in [-0.2, -0.15) is 0 Å². The fraction of sp³-hybridized carbons (Fsp3) is 0.538. The van der Waals surface area contributed by atoms with Gasteiger partial charge in [0, 0.05) is 12.1 Å². The summed E-state index contributed by atoms with van der Waals surface area (Å²) in [5, 5.41) is 3.18. The maximum Gasteiger partial charge on any atom is 0.124 e. The van der Waals surface area contributed by atoms with Crippen molar-refractivity contribution in [1.29, 1.82) is 0 Å². The first-order valence-electron chi connectivity index (χ1n) is 5.70. The summed E-state index contributed by atoms with van der Waals surface area (Å²) in [5.41, 5.74) is 2.56. The fourth-order valence-electron chi connectivity index (χ4n) is 1.82. The maximum atomic E-state index is 5.95. The number of hydrogen-bond donors (Lipinski definition) is 1. The third-order valence-corrected chi connectivity index (χ3v) is 2.93. The van der Waals surface area contributed by atoms with E-state index < -0.39 is 0 Å². The van der Waals surface area contributed by atoms with Crippen LogP contribution in [0.2, 0.25) is 0 Å². The zero-order chi connectivity index (χ0) is 10.7. The van der Waals surface area contributed by atoms with Gasteiger partial charge in [-0.25, -0.2) is 0 Å². The predicted octanol–water partition coefficient (Wildman–Crippen LogP) is 2.65. The first kappa shape index (κ1) is 10.5. The third-order valence-electron chi connectivity index (χ3n) is 2.93. The molecular formula is C13H19NO. The van der Waals surface area contributed by atoms with Crippen LogP contribution in [0.5, 0.6) is 5.75 Å². The van der Waals surface area contributed by atoms with E-state index in [-0.39, 0.29) is 0 Å².